The minimum Gasteiger partial charge on any atom is -0.379 e. The van der Waals surface area contributed by atoms with Gasteiger partial charge in [0.05, 0.1) is 8.41 Å². The predicted molar refractivity (Wildman–Crippen MR) is 27.5 cm³/mol. The molecule has 0 bridgehead atoms. The lowest BCUT2D eigenvalue weighted by atomic mass is 10.8. The number of rotatable bonds is 0. The fourth-order valence-corrected chi connectivity index (χ4v) is 0. The first-order valence-corrected chi connectivity index (χ1v) is 0.383. The largest absolute Gasteiger partial charge is 0.379 e. The summed E-state index contributed by atoms with van der Waals surface area (Å²) in [5.41, 5.74) is 0. The highest BCUT2D eigenvalue weighted by atomic mass is 19.0. The fourth-order valence-electron chi connectivity index (χ4n) is 0. The maximum absolute atomic E-state index is 8.11. The molecule has 0 aliphatic rings. The standard InChI is InChI=1S/BH3.4FH.HNO2/c;;;;;2-1-3/h1H3;4*1H;(H,2,3). The van der Waals surface area contributed by atoms with Gasteiger partial charge in [0.25, 0.3) is 0 Å². The Bertz CT molecular complexity index is 21.5. The molecular formula is H8BF4NO2. The molecule has 0 amide bonds. The number of hydrogen-bond donors (Lipinski definition) is 1. The molecule has 0 aliphatic heterocycles. The second-order valence-corrected chi connectivity index (χ2v) is 0.0816. The average Bonchev–Trinajstić information content (AvgIpc) is 0.918. The van der Waals surface area contributed by atoms with Gasteiger partial charge in [-0.3, -0.25) is 18.8 Å². The molecule has 0 aromatic heterocycles. The molecular weight excluding hydrogens is 133 g/mol. The molecule has 0 aromatic rings. The number of halogens is 4. The Morgan fingerprint density at radius 2 is 1.00 bits per heavy atom. The lowest BCUT2D eigenvalue weighted by molar-refractivity contribution is 0.312. The Morgan fingerprint density at radius 3 is 1.00 bits per heavy atom. The van der Waals surface area contributed by atoms with Gasteiger partial charge in [-0.2, -0.15) is 0 Å². The lowest BCUT2D eigenvalue weighted by Crippen LogP contribution is -1.25. The maximum atomic E-state index is 8.11. The first-order chi connectivity index (χ1) is 1.41. The Labute approximate surface area is 44.1 Å². The summed E-state index contributed by atoms with van der Waals surface area (Å²) in [4.78, 5) is 8.11. The van der Waals surface area contributed by atoms with Gasteiger partial charge in [0.15, 0.2) is 5.34 Å². The molecule has 8 heteroatoms. The second-order valence-electron chi connectivity index (χ2n) is 0.0816. The highest BCUT2D eigenvalue weighted by Gasteiger charge is 1.18. The van der Waals surface area contributed by atoms with Crippen molar-refractivity contribution in [2.45, 2.75) is 0 Å². The minimum absolute atomic E-state index is 0. The van der Waals surface area contributed by atoms with Crippen LogP contribution < -0.4 is 0 Å². The van der Waals surface area contributed by atoms with Crippen LogP contribution in [0.25, 0.3) is 0 Å². The van der Waals surface area contributed by atoms with Crippen LogP contribution in [-0.2, 0) is 0 Å². The summed E-state index contributed by atoms with van der Waals surface area (Å²) in [7, 11) is 0. The van der Waals surface area contributed by atoms with Crippen LogP contribution in [0.3, 0.4) is 0 Å². The molecule has 0 heterocycles. The summed E-state index contributed by atoms with van der Waals surface area (Å²) in [5.74, 6) is 0. The van der Waals surface area contributed by atoms with Crippen molar-refractivity contribution in [3.63, 3.8) is 0 Å². The zero-order valence-electron chi connectivity index (χ0n) is 2.94. The lowest BCUT2D eigenvalue weighted by Gasteiger charge is -1.32. The van der Waals surface area contributed by atoms with Crippen molar-refractivity contribution >= 4 is 8.41 Å². The van der Waals surface area contributed by atoms with Crippen LogP contribution in [-0.4, -0.2) is 13.6 Å². The normalized spacial score (nSPS) is 1.50. The summed E-state index contributed by atoms with van der Waals surface area (Å²) in [5, 5.41) is 7.89. The third-order valence-corrected chi connectivity index (χ3v) is 0. The van der Waals surface area contributed by atoms with E-state index >= 15 is 0 Å². The molecule has 0 rings (SSSR count). The van der Waals surface area contributed by atoms with E-state index < -0.39 is 0 Å². The van der Waals surface area contributed by atoms with E-state index in [0.29, 0.717) is 0 Å². The van der Waals surface area contributed by atoms with Crippen LogP contribution >= 0.6 is 0 Å². The molecule has 0 saturated carbocycles. The van der Waals surface area contributed by atoms with Gasteiger partial charge in [0, 0.05) is 0 Å². The Hall–Kier alpha value is -0.815. The molecule has 0 saturated heterocycles. The van der Waals surface area contributed by atoms with Crippen molar-refractivity contribution in [1.29, 1.82) is 0 Å². The summed E-state index contributed by atoms with van der Waals surface area (Å²) >= 11 is 0. The average molecular weight is 141 g/mol. The minimum atomic E-state index is 0. The van der Waals surface area contributed by atoms with Gasteiger partial charge < -0.3 is 5.21 Å². The van der Waals surface area contributed by atoms with Crippen molar-refractivity contribution in [1.82, 2.24) is 0 Å². The van der Waals surface area contributed by atoms with Gasteiger partial charge >= 0.3 is 0 Å². The predicted octanol–water partition coefficient (Wildman–Crippen LogP) is -0.432. The van der Waals surface area contributed by atoms with Crippen molar-refractivity contribution in [3.05, 3.63) is 4.91 Å². The highest BCUT2D eigenvalue weighted by molar-refractivity contribution is 5.75. The number of nitrogens with zero attached hydrogens (tertiary/aromatic N) is 1. The zero-order valence-corrected chi connectivity index (χ0v) is 2.94. The Balaban J connectivity index is -0.00000000200. The van der Waals surface area contributed by atoms with Crippen LogP contribution in [0.1, 0.15) is 0 Å². The van der Waals surface area contributed by atoms with Crippen molar-refractivity contribution in [3.8, 4) is 0 Å². The van der Waals surface area contributed by atoms with E-state index in [2.05, 4.69) is 0 Å². The quantitative estimate of drug-likeness (QED) is 0.215. The van der Waals surface area contributed by atoms with Gasteiger partial charge in [-0.25, -0.2) is 0 Å². The summed E-state index contributed by atoms with van der Waals surface area (Å²) < 4.78 is 0. The number of hydrogen-bond acceptors (Lipinski definition) is 2. The van der Waals surface area contributed by atoms with Gasteiger partial charge in [-0.1, -0.05) is 0 Å². The highest BCUT2D eigenvalue weighted by Crippen LogP contribution is 1.25. The topological polar surface area (TPSA) is 49.7 Å². The van der Waals surface area contributed by atoms with Crippen molar-refractivity contribution < 1.29 is 24.0 Å². The molecule has 0 radical (unpaired) electrons. The fraction of sp³-hybridized carbons (Fsp3) is 0. The molecule has 0 spiro atoms. The van der Waals surface area contributed by atoms with Gasteiger partial charge in [0.1, 0.15) is 0 Å². The maximum Gasteiger partial charge on any atom is 0.152 e. The van der Waals surface area contributed by atoms with Crippen LogP contribution in [0.5, 0.6) is 0 Å². The third kappa shape index (κ3) is 137. The molecule has 3 nitrogen and oxygen atoms in total. The van der Waals surface area contributed by atoms with E-state index in [9.17, 15) is 0 Å². The SMILES string of the molecule is B.F.F.F.F.O=NO. The van der Waals surface area contributed by atoms with Crippen molar-refractivity contribution in [2.75, 3.05) is 0 Å². The summed E-state index contributed by atoms with van der Waals surface area (Å²) in [6, 6.07) is 0. The monoisotopic (exact) mass is 141 g/mol. The van der Waals surface area contributed by atoms with E-state index in [-0.39, 0.29) is 27.2 Å². The van der Waals surface area contributed by atoms with E-state index in [1.165, 1.54) is 5.34 Å². The molecule has 0 aromatic carbocycles. The van der Waals surface area contributed by atoms with Crippen LogP contribution in [0.4, 0.5) is 18.8 Å². The molecule has 0 atom stereocenters. The van der Waals surface area contributed by atoms with Crippen LogP contribution in [0, 0.1) is 4.91 Å². The van der Waals surface area contributed by atoms with Crippen molar-refractivity contribution in [2.24, 2.45) is 5.34 Å². The second kappa shape index (κ2) is 4860. The van der Waals surface area contributed by atoms with E-state index in [4.69, 9.17) is 10.1 Å². The third-order valence-electron chi connectivity index (χ3n) is 0. The van der Waals surface area contributed by atoms with Crippen LogP contribution in [0.15, 0.2) is 5.34 Å². The molecule has 1 N–H and O–H groups in total. The van der Waals surface area contributed by atoms with Gasteiger partial charge in [-0.15, -0.1) is 4.91 Å². The molecule has 0 unspecified atom stereocenters. The zero-order chi connectivity index (χ0) is 2.71. The van der Waals surface area contributed by atoms with Gasteiger partial charge in [0.2, 0.25) is 0 Å². The summed E-state index contributed by atoms with van der Waals surface area (Å²) in [6.45, 7) is 0. The molecule has 56 valence electrons. The van der Waals surface area contributed by atoms with E-state index in [1.54, 1.807) is 0 Å². The Kier molecular flexibility index (Phi) is 119000. The Morgan fingerprint density at radius 1 is 1.00 bits per heavy atom. The molecule has 8 heavy (non-hydrogen) atoms. The van der Waals surface area contributed by atoms with E-state index in [1.807, 2.05) is 0 Å². The van der Waals surface area contributed by atoms with Crippen LogP contribution in [0.2, 0.25) is 0 Å². The first-order valence-electron chi connectivity index (χ1n) is 0.383. The van der Waals surface area contributed by atoms with Gasteiger partial charge in [-0.05, 0) is 0 Å². The van der Waals surface area contributed by atoms with E-state index in [0.717, 1.165) is 0 Å². The summed E-state index contributed by atoms with van der Waals surface area (Å²) in [6.07, 6.45) is 0. The molecule has 0 aliphatic carbocycles. The molecule has 0 fully saturated rings. The smallest absolute Gasteiger partial charge is 0.152 e. The first kappa shape index (κ1) is 196.